The first kappa shape index (κ1) is 15.1. The van der Waals surface area contributed by atoms with Gasteiger partial charge in [-0.15, -0.1) is 0 Å². The molecule has 6 nitrogen and oxygen atoms in total. The molecule has 126 valence electrons. The molecule has 0 radical (unpaired) electrons. The van der Waals surface area contributed by atoms with Gasteiger partial charge in [-0.3, -0.25) is 9.59 Å². The number of rotatable bonds is 5. The number of ether oxygens (including phenoxy) is 3. The fraction of sp³-hybridized carbons (Fsp3) is 0.765. The van der Waals surface area contributed by atoms with Gasteiger partial charge >= 0.3 is 5.97 Å². The van der Waals surface area contributed by atoms with Gasteiger partial charge in [-0.2, -0.15) is 0 Å². The molecule has 6 heteroatoms. The highest BCUT2D eigenvalue weighted by molar-refractivity contribution is 5.91. The van der Waals surface area contributed by atoms with E-state index in [0.29, 0.717) is 19.7 Å². The molecular formula is C17H23NO5. The molecule has 1 spiro atoms. The van der Waals surface area contributed by atoms with E-state index >= 15 is 0 Å². The van der Waals surface area contributed by atoms with Crippen LogP contribution in [0.1, 0.15) is 26.2 Å². The highest BCUT2D eigenvalue weighted by atomic mass is 16.6. The maximum atomic E-state index is 12.9. The molecule has 0 aromatic heterocycles. The van der Waals surface area contributed by atoms with Crippen molar-refractivity contribution in [1.82, 2.24) is 4.90 Å². The predicted octanol–water partition coefficient (Wildman–Crippen LogP) is 0.901. The van der Waals surface area contributed by atoms with E-state index in [0.717, 1.165) is 25.9 Å². The lowest BCUT2D eigenvalue weighted by Crippen LogP contribution is -2.40. The minimum Gasteiger partial charge on any atom is -0.465 e. The Hall–Kier alpha value is -1.40. The van der Waals surface area contributed by atoms with Crippen LogP contribution in [0, 0.1) is 11.8 Å². The van der Waals surface area contributed by atoms with E-state index in [4.69, 9.17) is 14.2 Å². The van der Waals surface area contributed by atoms with Crippen molar-refractivity contribution in [2.75, 3.05) is 26.3 Å². The average Bonchev–Trinajstić information content (AvgIpc) is 3.28. The Bertz CT molecular complexity index is 541. The summed E-state index contributed by atoms with van der Waals surface area (Å²) in [5.74, 6) is -1.25. The lowest BCUT2D eigenvalue weighted by atomic mass is 9.77. The summed E-state index contributed by atoms with van der Waals surface area (Å²) < 4.78 is 17.0. The summed E-state index contributed by atoms with van der Waals surface area (Å²) in [7, 11) is 0. The predicted molar refractivity (Wildman–Crippen MR) is 80.5 cm³/mol. The van der Waals surface area contributed by atoms with Gasteiger partial charge in [-0.05, 0) is 19.3 Å². The Balaban J connectivity index is 1.52. The Morgan fingerprint density at radius 2 is 2.39 bits per heavy atom. The monoisotopic (exact) mass is 321 g/mol. The van der Waals surface area contributed by atoms with Crippen LogP contribution in [0.4, 0.5) is 0 Å². The van der Waals surface area contributed by atoms with Crippen LogP contribution in [0.2, 0.25) is 0 Å². The molecule has 0 saturated carbocycles. The molecule has 0 aromatic carbocycles. The maximum Gasteiger partial charge on any atom is 0.312 e. The zero-order chi connectivity index (χ0) is 16.0. The Morgan fingerprint density at radius 3 is 3.13 bits per heavy atom. The van der Waals surface area contributed by atoms with Gasteiger partial charge in [-0.1, -0.05) is 19.1 Å². The summed E-state index contributed by atoms with van der Waals surface area (Å²) in [6.45, 7) is 4.22. The fourth-order valence-electron chi connectivity index (χ4n) is 4.33. The lowest BCUT2D eigenvalue weighted by Gasteiger charge is -2.23. The second-order valence-electron chi connectivity index (χ2n) is 6.92. The second-order valence-corrected chi connectivity index (χ2v) is 6.92. The van der Waals surface area contributed by atoms with Crippen LogP contribution in [-0.2, 0) is 23.8 Å². The molecule has 1 amide bonds. The van der Waals surface area contributed by atoms with Crippen molar-refractivity contribution in [2.45, 2.75) is 44.0 Å². The van der Waals surface area contributed by atoms with E-state index in [1.54, 1.807) is 0 Å². The maximum absolute atomic E-state index is 12.9. The first-order chi connectivity index (χ1) is 11.1. The summed E-state index contributed by atoms with van der Waals surface area (Å²) in [5, 5.41) is 0. The van der Waals surface area contributed by atoms with E-state index in [1.807, 2.05) is 24.0 Å². The molecule has 4 heterocycles. The van der Waals surface area contributed by atoms with Crippen LogP contribution >= 0.6 is 0 Å². The topological polar surface area (TPSA) is 65.1 Å². The second kappa shape index (κ2) is 5.60. The van der Waals surface area contributed by atoms with E-state index in [1.165, 1.54) is 0 Å². The van der Waals surface area contributed by atoms with Crippen molar-refractivity contribution in [3.8, 4) is 0 Å². The summed E-state index contributed by atoms with van der Waals surface area (Å²) in [5.41, 5.74) is -0.643. The highest BCUT2D eigenvalue weighted by Gasteiger charge is 2.67. The number of nitrogens with zero attached hydrogens (tertiary/aromatic N) is 1. The normalized spacial score (nSPS) is 40.9. The molecule has 3 fully saturated rings. The number of hydrogen-bond donors (Lipinski definition) is 0. The molecule has 0 aromatic rings. The number of carbonyl (C=O) groups excluding carboxylic acids is 2. The molecule has 23 heavy (non-hydrogen) atoms. The van der Waals surface area contributed by atoms with E-state index in [-0.39, 0.29) is 24.1 Å². The largest absolute Gasteiger partial charge is 0.465 e. The van der Waals surface area contributed by atoms with Gasteiger partial charge in [0.2, 0.25) is 5.91 Å². The van der Waals surface area contributed by atoms with Gasteiger partial charge in [0.05, 0.1) is 31.3 Å². The van der Waals surface area contributed by atoms with E-state index in [9.17, 15) is 9.59 Å². The standard InChI is InChI=1S/C17H23NO5/c1-2-7-22-16(20)13-12-5-6-17(23-12)10-18(15(19)14(13)17)9-11-4-3-8-21-11/h5-6,11-14H,2-4,7-10H2,1H3/t11-,12+,13-,14-,17+/m0/s1. The van der Waals surface area contributed by atoms with Crippen LogP contribution in [0.5, 0.6) is 0 Å². The van der Waals surface area contributed by atoms with Crippen molar-refractivity contribution in [2.24, 2.45) is 11.8 Å². The summed E-state index contributed by atoms with van der Waals surface area (Å²) in [6, 6.07) is 0. The van der Waals surface area contributed by atoms with Crippen molar-refractivity contribution < 1.29 is 23.8 Å². The molecule has 4 aliphatic heterocycles. The fourth-order valence-corrected chi connectivity index (χ4v) is 4.33. The Kier molecular flexibility index (Phi) is 3.69. The van der Waals surface area contributed by atoms with Crippen LogP contribution in [-0.4, -0.2) is 60.9 Å². The summed E-state index contributed by atoms with van der Waals surface area (Å²) >= 11 is 0. The number of esters is 1. The van der Waals surface area contributed by atoms with Gasteiger partial charge in [0, 0.05) is 13.2 Å². The van der Waals surface area contributed by atoms with Gasteiger partial charge in [-0.25, -0.2) is 0 Å². The van der Waals surface area contributed by atoms with Crippen molar-refractivity contribution in [1.29, 1.82) is 0 Å². The number of likely N-dealkylation sites (tertiary alicyclic amines) is 1. The van der Waals surface area contributed by atoms with Crippen molar-refractivity contribution in [3.63, 3.8) is 0 Å². The van der Waals surface area contributed by atoms with Gasteiger partial charge in [0.1, 0.15) is 11.5 Å². The average molecular weight is 321 g/mol. The third-order valence-corrected chi connectivity index (χ3v) is 5.35. The summed E-state index contributed by atoms with van der Waals surface area (Å²) in [6.07, 6.45) is 6.48. The molecule has 4 rings (SSSR count). The van der Waals surface area contributed by atoms with Crippen LogP contribution in [0.25, 0.3) is 0 Å². The lowest BCUT2D eigenvalue weighted by molar-refractivity contribution is -0.154. The first-order valence-corrected chi connectivity index (χ1v) is 8.59. The molecule has 3 saturated heterocycles. The quantitative estimate of drug-likeness (QED) is 0.556. The smallest absolute Gasteiger partial charge is 0.312 e. The Labute approximate surface area is 135 Å². The zero-order valence-electron chi connectivity index (χ0n) is 13.4. The molecule has 0 unspecified atom stereocenters. The molecule has 0 N–H and O–H groups in total. The van der Waals surface area contributed by atoms with Gasteiger partial charge in [0.15, 0.2) is 0 Å². The van der Waals surface area contributed by atoms with Gasteiger partial charge in [0.25, 0.3) is 0 Å². The number of carbonyl (C=O) groups is 2. The van der Waals surface area contributed by atoms with E-state index in [2.05, 4.69) is 0 Å². The molecule has 5 atom stereocenters. The molecule has 4 aliphatic rings. The summed E-state index contributed by atoms with van der Waals surface area (Å²) in [4.78, 5) is 27.1. The third-order valence-electron chi connectivity index (χ3n) is 5.35. The van der Waals surface area contributed by atoms with Crippen molar-refractivity contribution >= 4 is 11.9 Å². The van der Waals surface area contributed by atoms with Crippen molar-refractivity contribution in [3.05, 3.63) is 12.2 Å². The van der Waals surface area contributed by atoms with Crippen LogP contribution in [0.3, 0.4) is 0 Å². The van der Waals surface area contributed by atoms with Crippen LogP contribution in [0.15, 0.2) is 12.2 Å². The van der Waals surface area contributed by atoms with Gasteiger partial charge < -0.3 is 19.1 Å². The molecule has 0 aliphatic carbocycles. The first-order valence-electron chi connectivity index (χ1n) is 8.59. The zero-order valence-corrected chi connectivity index (χ0v) is 13.4. The minimum atomic E-state index is -0.643. The third kappa shape index (κ3) is 2.31. The number of hydrogen-bond acceptors (Lipinski definition) is 5. The highest BCUT2D eigenvalue weighted by Crippen LogP contribution is 2.52. The minimum absolute atomic E-state index is 0.00537. The number of amides is 1. The SMILES string of the molecule is CCCOC(=O)[C@@H]1[C@H]2C(=O)N(C[C@@H]3CCCO3)C[C@]23C=C[C@H]1O3. The van der Waals surface area contributed by atoms with E-state index < -0.39 is 17.4 Å². The molecule has 2 bridgehead atoms. The molecular weight excluding hydrogens is 298 g/mol. The van der Waals surface area contributed by atoms with Crippen LogP contribution < -0.4 is 0 Å². The Morgan fingerprint density at radius 1 is 1.52 bits per heavy atom. The number of fused-ring (bicyclic) bond motifs is 1.